The van der Waals surface area contributed by atoms with Gasteiger partial charge in [-0.2, -0.15) is 11.8 Å². The second kappa shape index (κ2) is 7.87. The fraction of sp³-hybridized carbons (Fsp3) is 0.462. The summed E-state index contributed by atoms with van der Waals surface area (Å²) in [6.07, 6.45) is 1.12. The number of thioether (sulfide) groups is 1. The molecule has 0 aliphatic carbocycles. The van der Waals surface area contributed by atoms with Crippen molar-refractivity contribution in [1.82, 2.24) is 0 Å². The Morgan fingerprint density at radius 2 is 2.17 bits per heavy atom. The Bertz CT molecular complexity index is 396. The number of hydrogen-bond donors (Lipinski definition) is 2. The molecule has 0 heterocycles. The lowest BCUT2D eigenvalue weighted by Gasteiger charge is -2.21. The van der Waals surface area contributed by atoms with Crippen molar-refractivity contribution in [1.29, 1.82) is 0 Å². The van der Waals surface area contributed by atoms with Crippen LogP contribution in [0.15, 0.2) is 29.4 Å². The Kier molecular flexibility index (Phi) is 6.43. The van der Waals surface area contributed by atoms with E-state index in [0.717, 1.165) is 35.7 Å². The first-order valence-electron chi connectivity index (χ1n) is 6.06. The van der Waals surface area contributed by atoms with Crippen LogP contribution in [-0.4, -0.2) is 36.1 Å². The van der Waals surface area contributed by atoms with Crippen LogP contribution < -0.4 is 10.6 Å². The molecule has 18 heavy (non-hydrogen) atoms. The van der Waals surface area contributed by atoms with E-state index in [1.807, 2.05) is 43.1 Å². The van der Waals surface area contributed by atoms with Crippen molar-refractivity contribution in [2.75, 3.05) is 30.0 Å². The molecule has 0 amide bonds. The first-order chi connectivity index (χ1) is 8.70. The van der Waals surface area contributed by atoms with Crippen molar-refractivity contribution in [3.8, 4) is 0 Å². The van der Waals surface area contributed by atoms with Crippen molar-refractivity contribution >= 4 is 23.3 Å². The van der Waals surface area contributed by atoms with Gasteiger partial charge in [-0.25, -0.2) is 0 Å². The number of anilines is 1. The van der Waals surface area contributed by atoms with Crippen molar-refractivity contribution in [3.63, 3.8) is 0 Å². The molecule has 0 fully saturated rings. The van der Waals surface area contributed by atoms with Gasteiger partial charge in [0.2, 0.25) is 0 Å². The number of rotatable bonds is 7. The molecular formula is C13H21N3OS. The predicted molar refractivity (Wildman–Crippen MR) is 79.8 cm³/mol. The molecule has 0 atom stereocenters. The lowest BCUT2D eigenvalue weighted by atomic mass is 10.1. The molecule has 0 saturated carbocycles. The molecule has 4 nitrogen and oxygen atoms in total. The number of amidine groups is 1. The van der Waals surface area contributed by atoms with Crippen molar-refractivity contribution in [2.24, 2.45) is 10.9 Å². The van der Waals surface area contributed by atoms with E-state index in [4.69, 9.17) is 10.9 Å². The van der Waals surface area contributed by atoms with Crippen LogP contribution in [0.1, 0.15) is 18.9 Å². The summed E-state index contributed by atoms with van der Waals surface area (Å²) >= 11 is 1.95. The topological polar surface area (TPSA) is 61.8 Å². The molecule has 0 radical (unpaired) electrons. The molecule has 0 spiro atoms. The fourth-order valence-corrected chi connectivity index (χ4v) is 2.37. The second-order valence-electron chi connectivity index (χ2n) is 3.97. The van der Waals surface area contributed by atoms with Gasteiger partial charge in [-0.3, -0.25) is 0 Å². The zero-order valence-electron chi connectivity index (χ0n) is 11.0. The molecule has 100 valence electrons. The summed E-state index contributed by atoms with van der Waals surface area (Å²) in [5.41, 5.74) is 7.44. The van der Waals surface area contributed by atoms with E-state index in [-0.39, 0.29) is 5.84 Å². The van der Waals surface area contributed by atoms with Gasteiger partial charge in [0.1, 0.15) is 0 Å². The van der Waals surface area contributed by atoms with Gasteiger partial charge in [0, 0.05) is 24.8 Å². The Labute approximate surface area is 113 Å². The molecule has 0 aliphatic rings. The monoisotopic (exact) mass is 267 g/mol. The quantitative estimate of drug-likeness (QED) is 0.262. The summed E-state index contributed by atoms with van der Waals surface area (Å²) in [4.78, 5) is 2.14. The average Bonchev–Trinajstić information content (AvgIpc) is 2.42. The third kappa shape index (κ3) is 4.14. The molecule has 0 unspecified atom stereocenters. The highest BCUT2D eigenvalue weighted by Crippen LogP contribution is 2.19. The maximum Gasteiger partial charge on any atom is 0.172 e. The molecule has 0 aliphatic heterocycles. The first kappa shape index (κ1) is 14.7. The molecule has 0 aromatic heterocycles. The Morgan fingerprint density at radius 1 is 1.44 bits per heavy atom. The van der Waals surface area contributed by atoms with Crippen molar-refractivity contribution in [2.45, 2.75) is 13.3 Å². The van der Waals surface area contributed by atoms with Crippen LogP contribution in [0, 0.1) is 0 Å². The van der Waals surface area contributed by atoms with Crippen LogP contribution in [0.3, 0.4) is 0 Å². The molecule has 1 aromatic carbocycles. The van der Waals surface area contributed by atoms with Gasteiger partial charge in [-0.05, 0) is 30.1 Å². The van der Waals surface area contributed by atoms with Crippen molar-refractivity contribution in [3.05, 3.63) is 29.8 Å². The maximum atomic E-state index is 8.78. The zero-order valence-corrected chi connectivity index (χ0v) is 11.8. The van der Waals surface area contributed by atoms with Crippen LogP contribution >= 0.6 is 11.8 Å². The maximum absolute atomic E-state index is 8.78. The molecule has 0 saturated heterocycles. The molecule has 0 bridgehead atoms. The van der Waals surface area contributed by atoms with E-state index in [9.17, 15) is 0 Å². The van der Waals surface area contributed by atoms with Gasteiger partial charge in [0.05, 0.1) is 0 Å². The van der Waals surface area contributed by atoms with Gasteiger partial charge in [0.25, 0.3) is 0 Å². The summed E-state index contributed by atoms with van der Waals surface area (Å²) in [6.45, 7) is 3.13. The van der Waals surface area contributed by atoms with Gasteiger partial charge in [0.15, 0.2) is 5.84 Å². The van der Waals surface area contributed by atoms with E-state index in [0.29, 0.717) is 0 Å². The molecule has 5 heteroatoms. The normalized spacial score (nSPS) is 11.6. The SMILES string of the molecule is CCSCCCN(C)c1ccccc1/C(N)=N/O. The van der Waals surface area contributed by atoms with Gasteiger partial charge < -0.3 is 15.8 Å². The largest absolute Gasteiger partial charge is 0.409 e. The first-order valence-corrected chi connectivity index (χ1v) is 7.22. The lowest BCUT2D eigenvalue weighted by Crippen LogP contribution is -2.24. The highest BCUT2D eigenvalue weighted by atomic mass is 32.2. The fourth-order valence-electron chi connectivity index (χ4n) is 1.75. The minimum Gasteiger partial charge on any atom is -0.409 e. The van der Waals surface area contributed by atoms with E-state index in [1.165, 1.54) is 0 Å². The predicted octanol–water partition coefficient (Wildman–Crippen LogP) is 2.36. The van der Waals surface area contributed by atoms with Gasteiger partial charge >= 0.3 is 0 Å². The Hall–Kier alpha value is -1.36. The Balaban J connectivity index is 2.70. The Morgan fingerprint density at radius 3 is 2.83 bits per heavy atom. The minimum atomic E-state index is 0.153. The number of hydrogen-bond acceptors (Lipinski definition) is 4. The average molecular weight is 267 g/mol. The third-order valence-electron chi connectivity index (χ3n) is 2.69. The van der Waals surface area contributed by atoms with Crippen LogP contribution in [0.4, 0.5) is 5.69 Å². The van der Waals surface area contributed by atoms with E-state index < -0.39 is 0 Å². The molecule has 3 N–H and O–H groups in total. The summed E-state index contributed by atoms with van der Waals surface area (Å²) in [5.74, 6) is 2.47. The third-order valence-corrected chi connectivity index (χ3v) is 3.67. The number of nitrogens with two attached hydrogens (primary N) is 1. The number of para-hydroxylation sites is 1. The number of oxime groups is 1. The van der Waals surface area contributed by atoms with Crippen LogP contribution in [0.25, 0.3) is 0 Å². The zero-order chi connectivity index (χ0) is 13.4. The van der Waals surface area contributed by atoms with E-state index in [2.05, 4.69) is 17.0 Å². The highest BCUT2D eigenvalue weighted by molar-refractivity contribution is 7.99. The van der Waals surface area contributed by atoms with Gasteiger partial charge in [-0.15, -0.1) is 0 Å². The standard InChI is InChI=1S/C13H21N3OS/c1-3-18-10-6-9-16(2)12-8-5-4-7-11(12)13(14)15-17/h4-5,7-8,17H,3,6,9-10H2,1-2H3,(H2,14,15). The number of benzene rings is 1. The van der Waals surface area contributed by atoms with Crippen LogP contribution in [0.5, 0.6) is 0 Å². The van der Waals surface area contributed by atoms with Crippen LogP contribution in [0.2, 0.25) is 0 Å². The summed E-state index contributed by atoms with van der Waals surface area (Å²) in [5, 5.41) is 11.9. The highest BCUT2D eigenvalue weighted by Gasteiger charge is 2.09. The second-order valence-corrected chi connectivity index (χ2v) is 5.37. The minimum absolute atomic E-state index is 0.153. The summed E-state index contributed by atoms with van der Waals surface area (Å²) in [7, 11) is 2.03. The summed E-state index contributed by atoms with van der Waals surface area (Å²) < 4.78 is 0. The smallest absolute Gasteiger partial charge is 0.172 e. The van der Waals surface area contributed by atoms with E-state index >= 15 is 0 Å². The van der Waals surface area contributed by atoms with Crippen LogP contribution in [-0.2, 0) is 0 Å². The summed E-state index contributed by atoms with van der Waals surface area (Å²) in [6, 6.07) is 7.69. The lowest BCUT2D eigenvalue weighted by molar-refractivity contribution is 0.318. The molecule has 1 rings (SSSR count). The molecule has 1 aromatic rings. The van der Waals surface area contributed by atoms with E-state index in [1.54, 1.807) is 0 Å². The number of nitrogens with zero attached hydrogens (tertiary/aromatic N) is 2. The molecular weight excluding hydrogens is 246 g/mol. The van der Waals surface area contributed by atoms with Gasteiger partial charge in [-0.1, -0.05) is 24.2 Å². The van der Waals surface area contributed by atoms with Crippen molar-refractivity contribution < 1.29 is 5.21 Å².